The first-order valence-corrected chi connectivity index (χ1v) is 2.88. The standard InChI is InChI=1S/C5H8F3N.ClH/c6-5(7,8)4-1-2-9-3-4;/h4,9H,1-3H2;1H/t4-;/m1./s1. The van der Waals surface area contributed by atoms with Gasteiger partial charge in [0.25, 0.3) is 0 Å². The maximum absolute atomic E-state index is 11.7. The highest BCUT2D eigenvalue weighted by Crippen LogP contribution is 2.29. The molecule has 0 saturated carbocycles. The van der Waals surface area contributed by atoms with Gasteiger partial charge < -0.3 is 5.32 Å². The lowest BCUT2D eigenvalue weighted by atomic mass is 10.1. The van der Waals surface area contributed by atoms with E-state index in [9.17, 15) is 13.2 Å². The summed E-state index contributed by atoms with van der Waals surface area (Å²) in [5, 5.41) is 2.66. The van der Waals surface area contributed by atoms with E-state index in [1.165, 1.54) is 0 Å². The molecule has 0 spiro atoms. The number of halogens is 4. The summed E-state index contributed by atoms with van der Waals surface area (Å²) in [6.45, 7) is 0.605. The van der Waals surface area contributed by atoms with E-state index in [1.54, 1.807) is 0 Å². The lowest BCUT2D eigenvalue weighted by Gasteiger charge is -2.11. The second kappa shape index (κ2) is 3.44. The smallest absolute Gasteiger partial charge is 0.316 e. The summed E-state index contributed by atoms with van der Waals surface area (Å²) in [5.74, 6) is -1.10. The van der Waals surface area contributed by atoms with Crippen molar-refractivity contribution in [2.75, 3.05) is 13.1 Å². The minimum atomic E-state index is -3.98. The molecule has 1 atom stereocenters. The molecule has 0 bridgehead atoms. The van der Waals surface area contributed by atoms with Crippen molar-refractivity contribution in [1.29, 1.82) is 0 Å². The normalized spacial score (nSPS) is 26.1. The fourth-order valence-corrected chi connectivity index (χ4v) is 0.934. The molecule has 1 aliphatic heterocycles. The van der Waals surface area contributed by atoms with Crippen molar-refractivity contribution >= 4 is 12.4 Å². The van der Waals surface area contributed by atoms with Crippen LogP contribution in [0.1, 0.15) is 6.42 Å². The number of hydrogen-bond acceptors (Lipinski definition) is 1. The molecular weight excluding hydrogens is 167 g/mol. The van der Waals surface area contributed by atoms with Crippen LogP contribution in [0.5, 0.6) is 0 Å². The molecule has 1 aliphatic rings. The third kappa shape index (κ3) is 2.34. The van der Waals surface area contributed by atoms with Crippen LogP contribution < -0.4 is 5.32 Å². The van der Waals surface area contributed by atoms with Gasteiger partial charge in [-0.3, -0.25) is 0 Å². The first kappa shape index (κ1) is 10.0. The van der Waals surface area contributed by atoms with E-state index in [-0.39, 0.29) is 25.4 Å². The summed E-state index contributed by atoms with van der Waals surface area (Å²) < 4.78 is 35.2. The van der Waals surface area contributed by atoms with E-state index in [4.69, 9.17) is 0 Å². The fraction of sp³-hybridized carbons (Fsp3) is 1.00. The van der Waals surface area contributed by atoms with Crippen molar-refractivity contribution in [2.24, 2.45) is 5.92 Å². The number of hydrogen-bond donors (Lipinski definition) is 1. The molecule has 62 valence electrons. The monoisotopic (exact) mass is 175 g/mol. The highest BCUT2D eigenvalue weighted by molar-refractivity contribution is 5.85. The van der Waals surface area contributed by atoms with Crippen LogP contribution in [-0.2, 0) is 0 Å². The second-order valence-electron chi connectivity index (χ2n) is 2.23. The Morgan fingerprint density at radius 1 is 1.30 bits per heavy atom. The lowest BCUT2D eigenvalue weighted by Crippen LogP contribution is -2.24. The van der Waals surface area contributed by atoms with Crippen LogP contribution in [0.2, 0.25) is 0 Å². The van der Waals surface area contributed by atoms with Gasteiger partial charge in [0.2, 0.25) is 0 Å². The van der Waals surface area contributed by atoms with Gasteiger partial charge in [-0.05, 0) is 13.0 Å². The van der Waals surface area contributed by atoms with E-state index in [0.717, 1.165) is 0 Å². The van der Waals surface area contributed by atoms with Crippen LogP contribution in [0.3, 0.4) is 0 Å². The predicted molar refractivity (Wildman–Crippen MR) is 34.3 cm³/mol. The second-order valence-corrected chi connectivity index (χ2v) is 2.23. The highest BCUT2D eigenvalue weighted by Gasteiger charge is 2.40. The zero-order valence-electron chi connectivity index (χ0n) is 5.24. The molecule has 1 fully saturated rings. The van der Waals surface area contributed by atoms with Gasteiger partial charge in [0.1, 0.15) is 0 Å². The van der Waals surface area contributed by atoms with Crippen LogP contribution in [0.4, 0.5) is 13.2 Å². The van der Waals surface area contributed by atoms with Crippen LogP contribution in [-0.4, -0.2) is 19.3 Å². The van der Waals surface area contributed by atoms with Crippen molar-refractivity contribution in [1.82, 2.24) is 5.32 Å². The van der Waals surface area contributed by atoms with Crippen molar-refractivity contribution in [3.8, 4) is 0 Å². The summed E-state index contributed by atoms with van der Waals surface area (Å²) in [5.41, 5.74) is 0. The molecule has 10 heavy (non-hydrogen) atoms. The van der Waals surface area contributed by atoms with Crippen LogP contribution in [0.15, 0.2) is 0 Å². The van der Waals surface area contributed by atoms with Gasteiger partial charge in [0, 0.05) is 6.54 Å². The van der Waals surface area contributed by atoms with Gasteiger partial charge in [-0.15, -0.1) is 12.4 Å². The third-order valence-electron chi connectivity index (χ3n) is 1.52. The lowest BCUT2D eigenvalue weighted by molar-refractivity contribution is -0.168. The van der Waals surface area contributed by atoms with E-state index in [0.29, 0.717) is 6.54 Å². The Morgan fingerprint density at radius 3 is 2.10 bits per heavy atom. The van der Waals surface area contributed by atoms with E-state index in [1.807, 2.05) is 0 Å². The Morgan fingerprint density at radius 2 is 1.90 bits per heavy atom. The van der Waals surface area contributed by atoms with Crippen molar-refractivity contribution in [3.63, 3.8) is 0 Å². The van der Waals surface area contributed by atoms with Crippen LogP contribution >= 0.6 is 12.4 Å². The fourth-order valence-electron chi connectivity index (χ4n) is 0.934. The molecule has 1 heterocycles. The summed E-state index contributed by atoms with van der Waals surface area (Å²) in [4.78, 5) is 0. The Hall–Kier alpha value is 0.0400. The Labute approximate surface area is 63.4 Å². The summed E-state index contributed by atoms with van der Waals surface area (Å²) in [6.07, 6.45) is -3.74. The molecule has 1 N–H and O–H groups in total. The van der Waals surface area contributed by atoms with Gasteiger partial charge in [-0.2, -0.15) is 13.2 Å². The van der Waals surface area contributed by atoms with E-state index < -0.39 is 12.1 Å². The van der Waals surface area contributed by atoms with Gasteiger partial charge in [0.05, 0.1) is 5.92 Å². The van der Waals surface area contributed by atoms with Crippen molar-refractivity contribution in [3.05, 3.63) is 0 Å². The number of rotatable bonds is 0. The minimum Gasteiger partial charge on any atom is -0.316 e. The van der Waals surface area contributed by atoms with Crippen molar-refractivity contribution in [2.45, 2.75) is 12.6 Å². The minimum absolute atomic E-state index is 0. The summed E-state index contributed by atoms with van der Waals surface area (Å²) >= 11 is 0. The topological polar surface area (TPSA) is 12.0 Å². The molecule has 1 saturated heterocycles. The van der Waals surface area contributed by atoms with E-state index >= 15 is 0 Å². The Bertz CT molecular complexity index is 97.6. The zero-order chi connectivity index (χ0) is 6.91. The zero-order valence-corrected chi connectivity index (χ0v) is 6.06. The van der Waals surface area contributed by atoms with Gasteiger partial charge in [-0.25, -0.2) is 0 Å². The summed E-state index contributed by atoms with van der Waals surface area (Å²) in [6, 6.07) is 0. The third-order valence-corrected chi connectivity index (χ3v) is 1.52. The molecular formula is C5H9ClF3N. The molecule has 0 aliphatic carbocycles. The first-order valence-electron chi connectivity index (χ1n) is 2.88. The van der Waals surface area contributed by atoms with Crippen LogP contribution in [0.25, 0.3) is 0 Å². The molecule has 1 nitrogen and oxygen atoms in total. The van der Waals surface area contributed by atoms with Gasteiger partial charge in [0.15, 0.2) is 0 Å². The Kier molecular flexibility index (Phi) is 3.45. The average molecular weight is 176 g/mol. The maximum atomic E-state index is 11.7. The SMILES string of the molecule is Cl.FC(F)(F)[C@@H]1CCNC1. The molecule has 0 aromatic heterocycles. The largest absolute Gasteiger partial charge is 0.393 e. The van der Waals surface area contributed by atoms with Gasteiger partial charge in [-0.1, -0.05) is 0 Å². The molecule has 5 heteroatoms. The molecule has 0 aromatic rings. The van der Waals surface area contributed by atoms with Crippen LogP contribution in [0, 0.1) is 5.92 Å². The predicted octanol–water partition coefficient (Wildman–Crippen LogP) is 1.58. The summed E-state index contributed by atoms with van der Waals surface area (Å²) in [7, 11) is 0. The Balaban J connectivity index is 0.000000810. The number of alkyl halides is 3. The number of nitrogens with one attached hydrogen (secondary N) is 1. The highest BCUT2D eigenvalue weighted by atomic mass is 35.5. The molecule has 0 aromatic carbocycles. The average Bonchev–Trinajstić information content (AvgIpc) is 2.08. The molecule has 1 rings (SSSR count). The molecule has 0 radical (unpaired) electrons. The molecule has 0 amide bonds. The quantitative estimate of drug-likeness (QED) is 0.590. The first-order chi connectivity index (χ1) is 4.11. The van der Waals surface area contributed by atoms with Crippen molar-refractivity contribution < 1.29 is 13.2 Å². The maximum Gasteiger partial charge on any atom is 0.393 e. The van der Waals surface area contributed by atoms with Gasteiger partial charge >= 0.3 is 6.18 Å². The van der Waals surface area contributed by atoms with E-state index in [2.05, 4.69) is 5.32 Å². The molecule has 0 unspecified atom stereocenters.